The fourth-order valence-electron chi connectivity index (χ4n) is 1.38. The first-order valence-corrected chi connectivity index (χ1v) is 6.12. The van der Waals surface area contributed by atoms with Crippen LogP contribution in [0.2, 0.25) is 10.0 Å². The van der Waals surface area contributed by atoms with Crippen LogP contribution in [0.25, 0.3) is 0 Å². The lowest BCUT2D eigenvalue weighted by Crippen LogP contribution is -2.01. The van der Waals surface area contributed by atoms with Crippen LogP contribution in [0.3, 0.4) is 0 Å². The van der Waals surface area contributed by atoms with E-state index in [-0.39, 0.29) is 0 Å². The highest BCUT2D eigenvalue weighted by Crippen LogP contribution is 2.33. The van der Waals surface area contributed by atoms with Gasteiger partial charge in [0.15, 0.2) is 5.75 Å². The predicted octanol–water partition coefficient (Wildman–Crippen LogP) is 3.35. The topological polar surface area (TPSA) is 52.0 Å². The lowest BCUT2D eigenvalue weighted by molar-refractivity contribution is 0.463. The molecular weight excluding hydrogens is 275 g/mol. The number of anilines is 1. The molecular formula is C11H12Cl2N4O. The van der Waals surface area contributed by atoms with E-state index in [4.69, 9.17) is 27.9 Å². The number of aryl methyl sites for hydroxylation is 1. The predicted molar refractivity (Wildman–Crippen MR) is 71.7 cm³/mol. The van der Waals surface area contributed by atoms with Gasteiger partial charge in [0, 0.05) is 13.6 Å². The molecule has 2 aromatic heterocycles. The molecule has 2 heterocycles. The lowest BCUT2D eigenvalue weighted by atomic mass is 10.4. The largest absolute Gasteiger partial charge is 0.434 e. The van der Waals surface area contributed by atoms with Crippen LogP contribution in [-0.2, 0) is 7.05 Å². The molecule has 0 aromatic carbocycles. The third-order valence-electron chi connectivity index (χ3n) is 2.14. The van der Waals surface area contributed by atoms with Crippen LogP contribution < -0.4 is 10.1 Å². The van der Waals surface area contributed by atoms with Crippen molar-refractivity contribution in [2.24, 2.45) is 7.05 Å². The van der Waals surface area contributed by atoms with E-state index < -0.39 is 0 Å². The number of hydrogen-bond acceptors (Lipinski definition) is 4. The van der Waals surface area contributed by atoms with Crippen molar-refractivity contribution in [1.82, 2.24) is 14.8 Å². The number of rotatable bonds is 4. The molecule has 0 aliphatic heterocycles. The molecule has 0 aliphatic rings. The summed E-state index contributed by atoms with van der Waals surface area (Å²) in [5.41, 5.74) is 0. The summed E-state index contributed by atoms with van der Waals surface area (Å²) in [6, 6.07) is 1.60. The van der Waals surface area contributed by atoms with E-state index in [1.165, 1.54) is 0 Å². The molecule has 1 N–H and O–H groups in total. The summed E-state index contributed by atoms with van der Waals surface area (Å²) in [5.74, 6) is 1.41. The minimum absolute atomic E-state index is 0.296. The van der Waals surface area contributed by atoms with E-state index in [1.807, 2.05) is 6.92 Å². The first-order valence-electron chi connectivity index (χ1n) is 5.36. The summed E-state index contributed by atoms with van der Waals surface area (Å²) in [4.78, 5) is 4.23. The highest BCUT2D eigenvalue weighted by atomic mass is 35.5. The van der Waals surface area contributed by atoms with Crippen molar-refractivity contribution in [2.75, 3.05) is 11.9 Å². The third-order valence-corrected chi connectivity index (χ3v) is 2.70. The van der Waals surface area contributed by atoms with E-state index >= 15 is 0 Å². The van der Waals surface area contributed by atoms with Crippen molar-refractivity contribution in [1.29, 1.82) is 0 Å². The molecule has 0 saturated heterocycles. The van der Waals surface area contributed by atoms with Gasteiger partial charge in [-0.15, -0.1) is 0 Å². The summed E-state index contributed by atoms with van der Waals surface area (Å²) in [7, 11) is 1.80. The van der Waals surface area contributed by atoms with Gasteiger partial charge in [-0.1, -0.05) is 23.2 Å². The Morgan fingerprint density at radius 1 is 1.39 bits per heavy atom. The van der Waals surface area contributed by atoms with Crippen molar-refractivity contribution < 1.29 is 4.74 Å². The first kappa shape index (κ1) is 13.0. The van der Waals surface area contributed by atoms with Crippen LogP contribution in [0.1, 0.15) is 6.92 Å². The van der Waals surface area contributed by atoms with E-state index in [2.05, 4.69) is 15.4 Å². The van der Waals surface area contributed by atoms with Crippen LogP contribution in [0.5, 0.6) is 11.6 Å². The molecule has 2 aromatic rings. The second-order valence-electron chi connectivity index (χ2n) is 3.59. The molecule has 0 saturated carbocycles. The quantitative estimate of drug-likeness (QED) is 0.937. The Bertz CT molecular complexity index is 556. The van der Waals surface area contributed by atoms with Gasteiger partial charge in [0.2, 0.25) is 5.88 Å². The molecule has 0 amide bonds. The highest BCUT2D eigenvalue weighted by Gasteiger charge is 2.11. The van der Waals surface area contributed by atoms with Crippen molar-refractivity contribution in [3.8, 4) is 11.6 Å². The van der Waals surface area contributed by atoms with Gasteiger partial charge in [0.1, 0.15) is 10.8 Å². The van der Waals surface area contributed by atoms with E-state index in [9.17, 15) is 0 Å². The smallest absolute Gasteiger partial charge is 0.240 e. The Hall–Kier alpha value is -1.46. The van der Waals surface area contributed by atoms with Crippen molar-refractivity contribution in [2.45, 2.75) is 6.92 Å². The fraction of sp³-hybridized carbons (Fsp3) is 0.273. The van der Waals surface area contributed by atoms with Crippen LogP contribution in [-0.4, -0.2) is 21.3 Å². The number of halogens is 2. The summed E-state index contributed by atoms with van der Waals surface area (Å²) in [6.07, 6.45) is 3.30. The van der Waals surface area contributed by atoms with Crippen molar-refractivity contribution in [3.05, 3.63) is 28.5 Å². The molecule has 18 heavy (non-hydrogen) atoms. The number of ether oxygens (including phenoxy) is 1. The molecule has 0 fully saturated rings. The summed E-state index contributed by atoms with van der Waals surface area (Å²) in [5, 5.41) is 7.84. The molecule has 2 rings (SSSR count). The Balaban J connectivity index is 2.29. The van der Waals surface area contributed by atoms with Gasteiger partial charge in [0.25, 0.3) is 0 Å². The summed E-state index contributed by atoms with van der Waals surface area (Å²) >= 11 is 12.0. The number of pyridine rings is 1. The van der Waals surface area contributed by atoms with Gasteiger partial charge in [-0.3, -0.25) is 4.68 Å². The van der Waals surface area contributed by atoms with Gasteiger partial charge in [-0.2, -0.15) is 10.1 Å². The van der Waals surface area contributed by atoms with Crippen molar-refractivity contribution >= 4 is 29.0 Å². The van der Waals surface area contributed by atoms with Gasteiger partial charge >= 0.3 is 0 Å². The minimum atomic E-state index is 0.296. The molecule has 0 unspecified atom stereocenters. The molecule has 0 bridgehead atoms. The van der Waals surface area contributed by atoms with E-state index in [0.717, 1.165) is 0 Å². The Morgan fingerprint density at radius 3 is 2.78 bits per heavy atom. The molecule has 0 aliphatic carbocycles. The molecule has 7 heteroatoms. The normalized spacial score (nSPS) is 10.4. The van der Waals surface area contributed by atoms with Crippen LogP contribution >= 0.6 is 23.2 Å². The zero-order chi connectivity index (χ0) is 13.1. The molecule has 96 valence electrons. The lowest BCUT2D eigenvalue weighted by Gasteiger charge is -2.09. The van der Waals surface area contributed by atoms with Gasteiger partial charge in [-0.05, 0) is 13.0 Å². The van der Waals surface area contributed by atoms with Crippen LogP contribution in [0.15, 0.2) is 18.5 Å². The Labute approximate surface area is 115 Å². The number of aromatic nitrogens is 3. The maximum Gasteiger partial charge on any atom is 0.240 e. The second kappa shape index (κ2) is 5.46. The maximum absolute atomic E-state index is 6.03. The Kier molecular flexibility index (Phi) is 3.93. The highest BCUT2D eigenvalue weighted by molar-refractivity contribution is 6.36. The van der Waals surface area contributed by atoms with Gasteiger partial charge in [-0.25, -0.2) is 0 Å². The molecule has 0 spiro atoms. The van der Waals surface area contributed by atoms with E-state index in [1.54, 1.807) is 30.2 Å². The van der Waals surface area contributed by atoms with Crippen molar-refractivity contribution in [3.63, 3.8) is 0 Å². The molecule has 0 atom stereocenters. The molecule has 0 radical (unpaired) electrons. The summed E-state index contributed by atoms with van der Waals surface area (Å²) in [6.45, 7) is 2.66. The zero-order valence-electron chi connectivity index (χ0n) is 9.94. The monoisotopic (exact) mass is 286 g/mol. The Morgan fingerprint density at radius 2 is 2.17 bits per heavy atom. The number of hydrogen-bond donors (Lipinski definition) is 1. The average Bonchev–Trinajstić information content (AvgIpc) is 2.71. The van der Waals surface area contributed by atoms with E-state index in [0.29, 0.717) is 34.0 Å². The van der Waals surface area contributed by atoms with Crippen LogP contribution in [0.4, 0.5) is 5.82 Å². The number of nitrogens with zero attached hydrogens (tertiary/aromatic N) is 3. The standard InChI is InChI=1S/C11H12Cl2N4O/c1-3-14-10-8(12)4-9(13)11(16-10)18-7-5-15-17(2)6-7/h4-6H,3H2,1-2H3,(H,14,16). The SMILES string of the molecule is CCNc1nc(Oc2cnn(C)c2)c(Cl)cc1Cl. The van der Waals surface area contributed by atoms with Gasteiger partial charge in [0.05, 0.1) is 17.4 Å². The third kappa shape index (κ3) is 2.86. The minimum Gasteiger partial charge on any atom is -0.434 e. The first-order chi connectivity index (χ1) is 8.60. The summed E-state index contributed by atoms with van der Waals surface area (Å²) < 4.78 is 7.18. The number of nitrogens with one attached hydrogen (secondary N) is 1. The zero-order valence-corrected chi connectivity index (χ0v) is 11.5. The maximum atomic E-state index is 6.03. The second-order valence-corrected chi connectivity index (χ2v) is 4.40. The van der Waals surface area contributed by atoms with Crippen LogP contribution in [0, 0.1) is 0 Å². The van der Waals surface area contributed by atoms with Gasteiger partial charge < -0.3 is 10.1 Å². The average molecular weight is 287 g/mol. The molecule has 5 nitrogen and oxygen atoms in total. The fourth-order valence-corrected chi connectivity index (χ4v) is 1.84.